The molecule has 2 heterocycles. The number of nitrogens with one attached hydrogen (secondary N) is 1. The number of rotatable bonds is 4. The lowest BCUT2D eigenvalue weighted by Crippen LogP contribution is -2.08. The Kier molecular flexibility index (Phi) is 4.01. The molecule has 0 aliphatic carbocycles. The van der Waals surface area contributed by atoms with Gasteiger partial charge < -0.3 is 5.32 Å². The first-order valence-corrected chi connectivity index (χ1v) is 9.20. The standard InChI is InChI=1S/C20H20N4S/c1-13(2)22-20-23-17-9-6-15(12-19(17)25-20)18-10-11-21-24(18)16-7-4-14(3)5-8-16/h4-13H,1-3H3,(H,22,23). The average molecular weight is 348 g/mol. The topological polar surface area (TPSA) is 42.7 Å². The van der Waals surface area contributed by atoms with Gasteiger partial charge in [-0.3, -0.25) is 0 Å². The molecule has 5 heteroatoms. The molecule has 2 aromatic heterocycles. The molecule has 0 aliphatic heterocycles. The third kappa shape index (κ3) is 3.15. The Morgan fingerprint density at radius 1 is 1.04 bits per heavy atom. The third-order valence-electron chi connectivity index (χ3n) is 4.02. The zero-order valence-electron chi connectivity index (χ0n) is 14.5. The van der Waals surface area contributed by atoms with Crippen molar-refractivity contribution in [1.29, 1.82) is 0 Å². The van der Waals surface area contributed by atoms with Crippen molar-refractivity contribution in [1.82, 2.24) is 14.8 Å². The van der Waals surface area contributed by atoms with Gasteiger partial charge in [0.15, 0.2) is 5.13 Å². The lowest BCUT2D eigenvalue weighted by Gasteiger charge is -2.08. The second-order valence-electron chi connectivity index (χ2n) is 6.46. The van der Waals surface area contributed by atoms with Crippen molar-refractivity contribution in [3.63, 3.8) is 0 Å². The molecule has 0 bridgehead atoms. The van der Waals surface area contributed by atoms with E-state index < -0.39 is 0 Å². The maximum absolute atomic E-state index is 4.65. The summed E-state index contributed by atoms with van der Waals surface area (Å²) in [5.74, 6) is 0. The Bertz CT molecular complexity index is 1010. The Morgan fingerprint density at radius 2 is 1.84 bits per heavy atom. The highest BCUT2D eigenvalue weighted by Crippen LogP contribution is 2.31. The van der Waals surface area contributed by atoms with Crippen molar-refractivity contribution in [3.05, 3.63) is 60.3 Å². The number of aromatic nitrogens is 3. The number of fused-ring (bicyclic) bond motifs is 1. The molecule has 0 atom stereocenters. The van der Waals surface area contributed by atoms with Gasteiger partial charge in [0.25, 0.3) is 0 Å². The molecule has 0 saturated carbocycles. The van der Waals surface area contributed by atoms with Crippen molar-refractivity contribution in [2.24, 2.45) is 0 Å². The predicted octanol–water partition coefficient (Wildman–Crippen LogP) is 5.28. The number of hydrogen-bond donors (Lipinski definition) is 1. The zero-order chi connectivity index (χ0) is 17.4. The van der Waals surface area contributed by atoms with E-state index in [1.807, 2.05) is 10.9 Å². The molecule has 0 radical (unpaired) electrons. The molecular weight excluding hydrogens is 328 g/mol. The minimum Gasteiger partial charge on any atom is -0.359 e. The van der Waals surface area contributed by atoms with Crippen LogP contribution in [0.3, 0.4) is 0 Å². The van der Waals surface area contributed by atoms with E-state index in [1.165, 1.54) is 10.3 Å². The van der Waals surface area contributed by atoms with Gasteiger partial charge >= 0.3 is 0 Å². The smallest absolute Gasteiger partial charge is 0.183 e. The van der Waals surface area contributed by atoms with E-state index in [-0.39, 0.29) is 0 Å². The van der Waals surface area contributed by atoms with Crippen LogP contribution in [0.4, 0.5) is 5.13 Å². The lowest BCUT2D eigenvalue weighted by atomic mass is 10.1. The van der Waals surface area contributed by atoms with Crippen LogP contribution in [0, 0.1) is 6.92 Å². The van der Waals surface area contributed by atoms with Crippen molar-refractivity contribution >= 4 is 26.7 Å². The summed E-state index contributed by atoms with van der Waals surface area (Å²) in [6.45, 7) is 6.34. The van der Waals surface area contributed by atoms with Gasteiger partial charge in [-0.05, 0) is 51.1 Å². The summed E-state index contributed by atoms with van der Waals surface area (Å²) >= 11 is 1.69. The maximum atomic E-state index is 4.65. The highest BCUT2D eigenvalue weighted by atomic mass is 32.1. The Morgan fingerprint density at radius 3 is 2.60 bits per heavy atom. The van der Waals surface area contributed by atoms with E-state index in [4.69, 9.17) is 0 Å². The zero-order valence-corrected chi connectivity index (χ0v) is 15.3. The van der Waals surface area contributed by atoms with E-state index in [2.05, 4.69) is 84.7 Å². The van der Waals surface area contributed by atoms with Crippen LogP contribution in [0.1, 0.15) is 19.4 Å². The first kappa shape index (κ1) is 15.8. The van der Waals surface area contributed by atoms with E-state index in [1.54, 1.807) is 11.3 Å². The monoisotopic (exact) mass is 348 g/mol. The molecular formula is C20H20N4S. The Balaban J connectivity index is 1.75. The summed E-state index contributed by atoms with van der Waals surface area (Å²) in [6, 6.07) is 17.2. The van der Waals surface area contributed by atoms with Crippen molar-refractivity contribution in [3.8, 4) is 16.9 Å². The minimum atomic E-state index is 0.378. The fraction of sp³-hybridized carbons (Fsp3) is 0.200. The number of benzene rings is 2. The van der Waals surface area contributed by atoms with Crippen LogP contribution in [-0.4, -0.2) is 20.8 Å². The first-order chi connectivity index (χ1) is 12.1. The predicted molar refractivity (Wildman–Crippen MR) is 106 cm³/mol. The molecule has 0 aliphatic rings. The lowest BCUT2D eigenvalue weighted by molar-refractivity contribution is 0.887. The molecule has 126 valence electrons. The molecule has 4 aromatic rings. The van der Waals surface area contributed by atoms with Crippen LogP contribution in [0.5, 0.6) is 0 Å². The van der Waals surface area contributed by atoms with Gasteiger partial charge in [0.1, 0.15) is 0 Å². The van der Waals surface area contributed by atoms with Crippen LogP contribution < -0.4 is 5.32 Å². The fourth-order valence-electron chi connectivity index (χ4n) is 2.81. The normalized spacial score (nSPS) is 11.4. The number of nitrogens with zero attached hydrogens (tertiary/aromatic N) is 3. The second-order valence-corrected chi connectivity index (χ2v) is 7.50. The van der Waals surface area contributed by atoms with Crippen LogP contribution in [0.15, 0.2) is 54.7 Å². The molecule has 4 nitrogen and oxygen atoms in total. The summed E-state index contributed by atoms with van der Waals surface area (Å²) < 4.78 is 3.16. The molecule has 1 N–H and O–H groups in total. The molecule has 0 unspecified atom stereocenters. The Hall–Kier alpha value is -2.66. The van der Waals surface area contributed by atoms with Gasteiger partial charge in [-0.1, -0.05) is 35.1 Å². The van der Waals surface area contributed by atoms with Gasteiger partial charge in [-0.2, -0.15) is 5.10 Å². The fourth-order valence-corrected chi connectivity index (χ4v) is 3.86. The highest BCUT2D eigenvalue weighted by Gasteiger charge is 2.11. The third-order valence-corrected chi connectivity index (χ3v) is 4.97. The van der Waals surface area contributed by atoms with Crippen molar-refractivity contribution < 1.29 is 0 Å². The molecule has 2 aromatic carbocycles. The molecule has 25 heavy (non-hydrogen) atoms. The molecule has 0 fully saturated rings. The average Bonchev–Trinajstić information content (AvgIpc) is 3.20. The van der Waals surface area contributed by atoms with E-state index in [9.17, 15) is 0 Å². The van der Waals surface area contributed by atoms with Crippen LogP contribution >= 0.6 is 11.3 Å². The van der Waals surface area contributed by atoms with Gasteiger partial charge in [-0.15, -0.1) is 0 Å². The maximum Gasteiger partial charge on any atom is 0.183 e. The first-order valence-electron chi connectivity index (χ1n) is 8.39. The van der Waals surface area contributed by atoms with Gasteiger partial charge in [-0.25, -0.2) is 9.67 Å². The summed E-state index contributed by atoms with van der Waals surface area (Å²) in [7, 11) is 0. The van der Waals surface area contributed by atoms with E-state index >= 15 is 0 Å². The molecule has 0 amide bonds. The summed E-state index contributed by atoms with van der Waals surface area (Å²) in [4.78, 5) is 4.65. The van der Waals surface area contributed by atoms with E-state index in [0.717, 1.165) is 27.6 Å². The van der Waals surface area contributed by atoms with Crippen molar-refractivity contribution in [2.75, 3.05) is 5.32 Å². The van der Waals surface area contributed by atoms with Crippen LogP contribution in [0.25, 0.3) is 27.2 Å². The molecule has 0 saturated heterocycles. The molecule has 4 rings (SSSR count). The number of anilines is 1. The number of aryl methyl sites for hydroxylation is 1. The van der Waals surface area contributed by atoms with Gasteiger partial charge in [0.2, 0.25) is 0 Å². The summed E-state index contributed by atoms with van der Waals surface area (Å²) in [5, 5.41) is 8.86. The minimum absolute atomic E-state index is 0.378. The quantitative estimate of drug-likeness (QED) is 0.546. The van der Waals surface area contributed by atoms with Crippen molar-refractivity contribution in [2.45, 2.75) is 26.8 Å². The number of hydrogen-bond acceptors (Lipinski definition) is 4. The largest absolute Gasteiger partial charge is 0.359 e. The van der Waals surface area contributed by atoms with Crippen LogP contribution in [0.2, 0.25) is 0 Å². The Labute approximate surface area is 151 Å². The van der Waals surface area contributed by atoms with Gasteiger partial charge in [0.05, 0.1) is 27.8 Å². The summed E-state index contributed by atoms with van der Waals surface area (Å²) in [5.41, 5.74) is 5.56. The van der Waals surface area contributed by atoms with Crippen LogP contribution in [-0.2, 0) is 0 Å². The second kappa shape index (κ2) is 6.33. The summed E-state index contributed by atoms with van der Waals surface area (Å²) in [6.07, 6.45) is 1.85. The molecule has 0 spiro atoms. The highest BCUT2D eigenvalue weighted by molar-refractivity contribution is 7.22. The van der Waals surface area contributed by atoms with Gasteiger partial charge in [0, 0.05) is 11.6 Å². The number of thiazole rings is 1. The van der Waals surface area contributed by atoms with E-state index in [0.29, 0.717) is 6.04 Å². The SMILES string of the molecule is Cc1ccc(-n2nccc2-c2ccc3nc(NC(C)C)sc3c2)cc1.